The summed E-state index contributed by atoms with van der Waals surface area (Å²) in [6, 6.07) is 13.0. The third-order valence-electron chi connectivity index (χ3n) is 4.87. The highest BCUT2D eigenvalue weighted by Crippen LogP contribution is 2.31. The molecule has 1 atom stereocenters. The quantitative estimate of drug-likeness (QED) is 0.614. The average molecular weight is 455 g/mol. The van der Waals surface area contributed by atoms with Gasteiger partial charge in [-0.1, -0.05) is 47.2 Å². The van der Waals surface area contributed by atoms with Crippen molar-refractivity contribution < 1.29 is 14.6 Å². The second-order valence-electron chi connectivity index (χ2n) is 6.95. The number of allylic oxidation sites excluding steroid dienone is 1. The number of thiazole rings is 1. The lowest BCUT2D eigenvalue weighted by Crippen LogP contribution is -2.39. The minimum Gasteiger partial charge on any atom is -0.508 e. The van der Waals surface area contributed by atoms with Gasteiger partial charge in [-0.2, -0.15) is 0 Å². The van der Waals surface area contributed by atoms with Crippen molar-refractivity contribution in [3.8, 4) is 5.75 Å². The van der Waals surface area contributed by atoms with Gasteiger partial charge in [-0.05, 0) is 55.3 Å². The smallest absolute Gasteiger partial charge is 0.338 e. The summed E-state index contributed by atoms with van der Waals surface area (Å²) in [5.41, 5.74) is 1.96. The number of esters is 1. The van der Waals surface area contributed by atoms with Gasteiger partial charge in [0.15, 0.2) is 4.80 Å². The number of fused-ring (bicyclic) bond motifs is 1. The molecular formula is C23H19ClN2O4S. The number of nitrogens with zero attached hydrogens (tertiary/aromatic N) is 2. The number of carbonyl (C=O) groups excluding carboxylic acids is 1. The number of phenolic OH excluding ortho intramolecular Hbond substituents is 1. The van der Waals surface area contributed by atoms with Gasteiger partial charge in [0.05, 0.1) is 28.5 Å². The summed E-state index contributed by atoms with van der Waals surface area (Å²) in [5.74, 6) is -0.396. The van der Waals surface area contributed by atoms with Gasteiger partial charge in [0.2, 0.25) is 0 Å². The maximum atomic E-state index is 13.4. The first-order valence-corrected chi connectivity index (χ1v) is 10.8. The first-order valence-electron chi connectivity index (χ1n) is 9.63. The summed E-state index contributed by atoms with van der Waals surface area (Å²) in [5, 5.41) is 10.3. The molecule has 0 radical (unpaired) electrons. The van der Waals surface area contributed by atoms with Crippen molar-refractivity contribution in [3.05, 3.63) is 95.6 Å². The molecule has 3 aromatic rings. The van der Waals surface area contributed by atoms with Crippen LogP contribution in [0.1, 0.15) is 31.0 Å². The Hall–Kier alpha value is -3.16. The Morgan fingerprint density at radius 2 is 2.03 bits per heavy atom. The van der Waals surface area contributed by atoms with Crippen LogP contribution in [0.4, 0.5) is 0 Å². The summed E-state index contributed by atoms with van der Waals surface area (Å²) < 4.78 is 7.23. The molecule has 0 unspecified atom stereocenters. The van der Waals surface area contributed by atoms with Gasteiger partial charge in [0, 0.05) is 5.02 Å². The molecule has 4 rings (SSSR count). The molecule has 0 fully saturated rings. The lowest BCUT2D eigenvalue weighted by molar-refractivity contribution is -0.139. The molecule has 1 aliphatic rings. The first-order chi connectivity index (χ1) is 14.9. The van der Waals surface area contributed by atoms with E-state index in [9.17, 15) is 14.7 Å². The summed E-state index contributed by atoms with van der Waals surface area (Å²) in [6.45, 7) is 3.68. The molecule has 6 nitrogen and oxygen atoms in total. The largest absolute Gasteiger partial charge is 0.508 e. The van der Waals surface area contributed by atoms with E-state index >= 15 is 0 Å². The number of carbonyl (C=O) groups is 1. The number of rotatable bonds is 4. The molecule has 2 aromatic carbocycles. The van der Waals surface area contributed by atoms with Gasteiger partial charge < -0.3 is 9.84 Å². The van der Waals surface area contributed by atoms with Gasteiger partial charge in [-0.25, -0.2) is 9.79 Å². The van der Waals surface area contributed by atoms with E-state index < -0.39 is 12.0 Å². The van der Waals surface area contributed by atoms with Crippen LogP contribution in [0.2, 0.25) is 5.02 Å². The Bertz CT molecular complexity index is 1370. The van der Waals surface area contributed by atoms with Crippen LogP contribution in [0, 0.1) is 0 Å². The summed E-state index contributed by atoms with van der Waals surface area (Å²) >= 11 is 7.28. The Morgan fingerprint density at radius 1 is 1.29 bits per heavy atom. The summed E-state index contributed by atoms with van der Waals surface area (Å²) in [6.07, 6.45) is 1.70. The number of halogens is 1. The van der Waals surface area contributed by atoms with Crippen molar-refractivity contribution in [2.75, 3.05) is 6.61 Å². The number of aromatic hydroxyl groups is 1. The predicted octanol–water partition coefficient (Wildman–Crippen LogP) is 3.16. The van der Waals surface area contributed by atoms with Gasteiger partial charge in [0.25, 0.3) is 5.56 Å². The maximum absolute atomic E-state index is 13.4. The fourth-order valence-electron chi connectivity index (χ4n) is 3.52. The topological polar surface area (TPSA) is 80.9 Å². The Labute approximate surface area is 187 Å². The SMILES string of the molecule is CCOC(=O)C1=C(C)N=c2s/c(=C/c3cccc(O)c3)c(=O)n2[C@H]1c1ccc(Cl)cc1. The second-order valence-corrected chi connectivity index (χ2v) is 8.39. The predicted molar refractivity (Wildman–Crippen MR) is 120 cm³/mol. The van der Waals surface area contributed by atoms with E-state index in [2.05, 4.69) is 4.99 Å². The number of aromatic nitrogens is 1. The number of hydrogen-bond acceptors (Lipinski definition) is 6. The molecule has 0 amide bonds. The molecule has 158 valence electrons. The third kappa shape index (κ3) is 4.06. The number of hydrogen-bond donors (Lipinski definition) is 1. The van der Waals surface area contributed by atoms with Crippen LogP contribution in [0.3, 0.4) is 0 Å². The molecule has 31 heavy (non-hydrogen) atoms. The molecule has 1 aromatic heterocycles. The Morgan fingerprint density at radius 3 is 2.71 bits per heavy atom. The summed E-state index contributed by atoms with van der Waals surface area (Å²) in [4.78, 5) is 31.2. The zero-order chi connectivity index (χ0) is 22.1. The second kappa shape index (κ2) is 8.53. The van der Waals surface area contributed by atoms with Crippen molar-refractivity contribution in [2.24, 2.45) is 4.99 Å². The standard InChI is InChI=1S/C23H19ClN2O4S/c1-3-30-22(29)19-13(2)25-23-26(20(19)15-7-9-16(24)10-8-15)21(28)18(31-23)12-14-5-4-6-17(27)11-14/h4-12,20,27H,3H2,1-2H3/b18-12+/t20-/m0/s1. The molecule has 0 saturated heterocycles. The van der Waals surface area contributed by atoms with Crippen molar-refractivity contribution in [1.82, 2.24) is 4.57 Å². The van der Waals surface area contributed by atoms with Crippen LogP contribution in [0.25, 0.3) is 6.08 Å². The number of benzene rings is 2. The van der Waals surface area contributed by atoms with E-state index in [-0.39, 0.29) is 17.9 Å². The number of phenols is 1. The molecule has 1 aliphatic heterocycles. The zero-order valence-corrected chi connectivity index (χ0v) is 18.4. The van der Waals surface area contributed by atoms with Crippen LogP contribution in [-0.2, 0) is 9.53 Å². The fourth-order valence-corrected chi connectivity index (χ4v) is 4.69. The van der Waals surface area contributed by atoms with Crippen molar-refractivity contribution >= 4 is 35.0 Å². The Kier molecular flexibility index (Phi) is 5.80. The fraction of sp³-hybridized carbons (Fsp3) is 0.174. The van der Waals surface area contributed by atoms with Gasteiger partial charge in [0.1, 0.15) is 5.75 Å². The molecule has 0 bridgehead atoms. The molecule has 0 saturated carbocycles. The highest BCUT2D eigenvalue weighted by atomic mass is 35.5. The van der Waals surface area contributed by atoms with E-state index in [0.29, 0.717) is 31.2 Å². The lowest BCUT2D eigenvalue weighted by Gasteiger charge is -2.24. The van der Waals surface area contributed by atoms with E-state index in [1.165, 1.54) is 15.9 Å². The van der Waals surface area contributed by atoms with E-state index in [1.54, 1.807) is 68.5 Å². The van der Waals surface area contributed by atoms with Gasteiger partial charge in [-0.15, -0.1) is 0 Å². The molecule has 1 N–H and O–H groups in total. The van der Waals surface area contributed by atoms with Crippen LogP contribution in [0.15, 0.2) is 69.6 Å². The molecule has 8 heteroatoms. The van der Waals surface area contributed by atoms with Crippen molar-refractivity contribution in [3.63, 3.8) is 0 Å². The minimum atomic E-state index is -0.682. The van der Waals surface area contributed by atoms with E-state index in [0.717, 1.165) is 5.56 Å². The zero-order valence-electron chi connectivity index (χ0n) is 16.8. The van der Waals surface area contributed by atoms with Gasteiger partial charge >= 0.3 is 5.97 Å². The number of ether oxygens (including phenoxy) is 1. The Balaban J connectivity index is 1.96. The highest BCUT2D eigenvalue weighted by Gasteiger charge is 2.33. The van der Waals surface area contributed by atoms with Crippen LogP contribution in [-0.4, -0.2) is 22.2 Å². The highest BCUT2D eigenvalue weighted by molar-refractivity contribution is 7.07. The first kappa shape index (κ1) is 21.1. The van der Waals surface area contributed by atoms with E-state index in [1.807, 2.05) is 0 Å². The minimum absolute atomic E-state index is 0.112. The molecule has 0 aliphatic carbocycles. The molecular weight excluding hydrogens is 436 g/mol. The normalized spacial score (nSPS) is 16.1. The van der Waals surface area contributed by atoms with Gasteiger partial charge in [-0.3, -0.25) is 9.36 Å². The monoisotopic (exact) mass is 454 g/mol. The molecule has 0 spiro atoms. The van der Waals surface area contributed by atoms with Crippen LogP contribution < -0.4 is 14.9 Å². The maximum Gasteiger partial charge on any atom is 0.338 e. The third-order valence-corrected chi connectivity index (χ3v) is 6.11. The molecule has 2 heterocycles. The average Bonchev–Trinajstić information content (AvgIpc) is 3.02. The van der Waals surface area contributed by atoms with Crippen LogP contribution in [0.5, 0.6) is 5.75 Å². The van der Waals surface area contributed by atoms with Crippen LogP contribution >= 0.6 is 22.9 Å². The van der Waals surface area contributed by atoms with Crippen molar-refractivity contribution in [2.45, 2.75) is 19.9 Å². The van der Waals surface area contributed by atoms with Crippen molar-refractivity contribution in [1.29, 1.82) is 0 Å². The lowest BCUT2D eigenvalue weighted by atomic mass is 9.96. The summed E-state index contributed by atoms with van der Waals surface area (Å²) in [7, 11) is 0. The van der Waals surface area contributed by atoms with E-state index in [4.69, 9.17) is 16.3 Å².